The molecule has 0 bridgehead atoms. The van der Waals surface area contributed by atoms with E-state index in [-0.39, 0.29) is 11.8 Å². The number of hydrogen-bond donors (Lipinski definition) is 1. The number of benzene rings is 1. The summed E-state index contributed by atoms with van der Waals surface area (Å²) in [6.07, 6.45) is 1.88. The molecule has 0 aliphatic carbocycles. The molecule has 5 heteroatoms. The fraction of sp³-hybridized carbons (Fsp3) is 0.421. The van der Waals surface area contributed by atoms with Gasteiger partial charge in [-0.1, -0.05) is 17.7 Å². The van der Waals surface area contributed by atoms with Crippen molar-refractivity contribution < 1.29 is 4.79 Å². The highest BCUT2D eigenvalue weighted by molar-refractivity contribution is 5.93. The summed E-state index contributed by atoms with van der Waals surface area (Å²) in [7, 11) is 0. The van der Waals surface area contributed by atoms with Gasteiger partial charge in [0, 0.05) is 30.2 Å². The molecule has 0 saturated carbocycles. The molecule has 0 spiro atoms. The van der Waals surface area contributed by atoms with Crippen molar-refractivity contribution in [3.63, 3.8) is 0 Å². The third-order valence-electron chi connectivity index (χ3n) is 4.36. The quantitative estimate of drug-likeness (QED) is 0.941. The third-order valence-corrected chi connectivity index (χ3v) is 4.36. The monoisotopic (exact) mass is 324 g/mol. The van der Waals surface area contributed by atoms with Gasteiger partial charge in [0.2, 0.25) is 11.9 Å². The summed E-state index contributed by atoms with van der Waals surface area (Å²) in [5, 5.41) is 3.03. The van der Waals surface area contributed by atoms with E-state index in [4.69, 9.17) is 0 Å². The molecule has 1 saturated heterocycles. The normalized spacial score (nSPS) is 17.6. The average Bonchev–Trinajstić information content (AvgIpc) is 2.56. The molecule has 0 unspecified atom stereocenters. The van der Waals surface area contributed by atoms with Gasteiger partial charge in [-0.3, -0.25) is 4.79 Å². The number of anilines is 2. The third kappa shape index (κ3) is 3.91. The van der Waals surface area contributed by atoms with Gasteiger partial charge in [0.05, 0.1) is 5.92 Å². The van der Waals surface area contributed by atoms with Gasteiger partial charge in [0.25, 0.3) is 0 Å². The van der Waals surface area contributed by atoms with Crippen LogP contribution in [0, 0.1) is 26.7 Å². The molecular formula is C19H24N4O. The maximum atomic E-state index is 12.6. The Morgan fingerprint density at radius 2 is 1.79 bits per heavy atom. The van der Waals surface area contributed by atoms with E-state index in [0.29, 0.717) is 6.54 Å². The van der Waals surface area contributed by atoms with Crippen LogP contribution in [-0.4, -0.2) is 29.0 Å². The zero-order chi connectivity index (χ0) is 17.1. The summed E-state index contributed by atoms with van der Waals surface area (Å²) in [6, 6.07) is 9.87. The molecule has 2 heterocycles. The largest absolute Gasteiger partial charge is 0.340 e. The number of rotatable bonds is 3. The van der Waals surface area contributed by atoms with E-state index < -0.39 is 0 Å². The minimum absolute atomic E-state index is 0.0375. The number of aromatic nitrogens is 2. The van der Waals surface area contributed by atoms with Gasteiger partial charge in [-0.2, -0.15) is 0 Å². The van der Waals surface area contributed by atoms with Crippen LogP contribution < -0.4 is 10.2 Å². The Balaban J connectivity index is 1.68. The molecule has 5 nitrogen and oxygen atoms in total. The standard InChI is InChI=1S/C19H24N4O/c1-13-6-8-17(9-7-13)22-18(24)16-5-4-10-23(12-16)19-20-14(2)11-15(3)21-19/h6-9,11,16H,4-5,10,12H2,1-3H3,(H,22,24)/t16-/m0/s1. The number of nitrogens with zero attached hydrogens (tertiary/aromatic N) is 3. The van der Waals surface area contributed by atoms with E-state index in [1.807, 2.05) is 51.1 Å². The van der Waals surface area contributed by atoms with Crippen LogP contribution in [0.5, 0.6) is 0 Å². The van der Waals surface area contributed by atoms with Gasteiger partial charge in [0.15, 0.2) is 0 Å². The highest BCUT2D eigenvalue weighted by Crippen LogP contribution is 2.22. The Kier molecular flexibility index (Phi) is 4.79. The molecule has 1 aliphatic heterocycles. The fourth-order valence-corrected chi connectivity index (χ4v) is 3.10. The van der Waals surface area contributed by atoms with E-state index in [1.54, 1.807) is 0 Å². The Morgan fingerprint density at radius 3 is 2.46 bits per heavy atom. The number of carbonyl (C=O) groups excluding carboxylic acids is 1. The summed E-state index contributed by atoms with van der Waals surface area (Å²) in [5.41, 5.74) is 3.96. The van der Waals surface area contributed by atoms with Gasteiger partial charge in [-0.05, 0) is 51.8 Å². The van der Waals surface area contributed by atoms with Crippen LogP contribution in [0.15, 0.2) is 30.3 Å². The Bertz CT molecular complexity index is 706. The second-order valence-electron chi connectivity index (χ2n) is 6.59. The van der Waals surface area contributed by atoms with Crippen LogP contribution in [0.25, 0.3) is 0 Å². The van der Waals surface area contributed by atoms with E-state index in [1.165, 1.54) is 5.56 Å². The van der Waals surface area contributed by atoms with Crippen LogP contribution in [-0.2, 0) is 4.79 Å². The van der Waals surface area contributed by atoms with Gasteiger partial charge in [0.1, 0.15) is 0 Å². The lowest BCUT2D eigenvalue weighted by molar-refractivity contribution is -0.120. The number of nitrogens with one attached hydrogen (secondary N) is 1. The van der Waals surface area contributed by atoms with Crippen molar-refractivity contribution in [2.24, 2.45) is 5.92 Å². The second kappa shape index (κ2) is 6.99. The van der Waals surface area contributed by atoms with Gasteiger partial charge in [-0.15, -0.1) is 0 Å². The molecule has 1 atom stereocenters. The predicted octanol–water partition coefficient (Wildman–Crippen LogP) is 3.26. The van der Waals surface area contributed by atoms with Gasteiger partial charge < -0.3 is 10.2 Å². The smallest absolute Gasteiger partial charge is 0.229 e. The SMILES string of the molecule is Cc1ccc(NC(=O)[C@H]2CCCN(c3nc(C)cc(C)n3)C2)cc1. The van der Waals surface area contributed by atoms with Crippen molar-refractivity contribution in [3.8, 4) is 0 Å². The molecule has 126 valence electrons. The van der Waals surface area contributed by atoms with Crippen LogP contribution in [0.1, 0.15) is 29.8 Å². The molecule has 2 aromatic rings. The summed E-state index contributed by atoms with van der Waals surface area (Å²) >= 11 is 0. The maximum absolute atomic E-state index is 12.6. The Hall–Kier alpha value is -2.43. The zero-order valence-corrected chi connectivity index (χ0v) is 14.5. The maximum Gasteiger partial charge on any atom is 0.229 e. The van der Waals surface area contributed by atoms with Crippen LogP contribution in [0.2, 0.25) is 0 Å². The van der Waals surface area contributed by atoms with Gasteiger partial charge >= 0.3 is 0 Å². The zero-order valence-electron chi connectivity index (χ0n) is 14.5. The van der Waals surface area contributed by atoms with E-state index in [2.05, 4.69) is 20.2 Å². The van der Waals surface area contributed by atoms with E-state index in [9.17, 15) is 4.79 Å². The topological polar surface area (TPSA) is 58.1 Å². The van der Waals surface area contributed by atoms with Crippen LogP contribution in [0.4, 0.5) is 11.6 Å². The summed E-state index contributed by atoms with van der Waals surface area (Å²) in [6.45, 7) is 7.56. The van der Waals surface area contributed by atoms with Gasteiger partial charge in [-0.25, -0.2) is 9.97 Å². The molecule has 1 aliphatic rings. The van der Waals surface area contributed by atoms with Crippen molar-refractivity contribution in [1.29, 1.82) is 0 Å². The van der Waals surface area contributed by atoms with E-state index >= 15 is 0 Å². The molecule has 0 radical (unpaired) electrons. The van der Waals surface area contributed by atoms with Crippen molar-refractivity contribution in [1.82, 2.24) is 9.97 Å². The lowest BCUT2D eigenvalue weighted by Crippen LogP contribution is -2.41. The fourth-order valence-electron chi connectivity index (χ4n) is 3.10. The summed E-state index contributed by atoms with van der Waals surface area (Å²) < 4.78 is 0. The van der Waals surface area contributed by atoms with Crippen molar-refractivity contribution in [3.05, 3.63) is 47.3 Å². The molecule has 1 fully saturated rings. The Labute approximate surface area is 143 Å². The minimum Gasteiger partial charge on any atom is -0.340 e. The second-order valence-corrected chi connectivity index (χ2v) is 6.59. The number of amides is 1. The lowest BCUT2D eigenvalue weighted by atomic mass is 9.97. The van der Waals surface area contributed by atoms with Crippen molar-refractivity contribution in [2.75, 3.05) is 23.3 Å². The average molecular weight is 324 g/mol. The molecule has 3 rings (SSSR count). The van der Waals surface area contributed by atoms with Crippen molar-refractivity contribution in [2.45, 2.75) is 33.6 Å². The molecule has 1 N–H and O–H groups in total. The van der Waals surface area contributed by atoms with Crippen LogP contribution in [0.3, 0.4) is 0 Å². The molecule has 1 amide bonds. The lowest BCUT2D eigenvalue weighted by Gasteiger charge is -2.32. The molecular weight excluding hydrogens is 300 g/mol. The highest BCUT2D eigenvalue weighted by atomic mass is 16.1. The number of hydrogen-bond acceptors (Lipinski definition) is 4. The number of piperidine rings is 1. The minimum atomic E-state index is -0.0375. The molecule has 24 heavy (non-hydrogen) atoms. The summed E-state index contributed by atoms with van der Waals surface area (Å²) in [4.78, 5) is 23.8. The first-order chi connectivity index (χ1) is 11.5. The van der Waals surface area contributed by atoms with E-state index in [0.717, 1.165) is 42.4 Å². The highest BCUT2D eigenvalue weighted by Gasteiger charge is 2.27. The molecule has 1 aromatic carbocycles. The first-order valence-corrected chi connectivity index (χ1v) is 8.46. The van der Waals surface area contributed by atoms with Crippen molar-refractivity contribution >= 4 is 17.5 Å². The first kappa shape index (κ1) is 16.4. The molecule has 1 aromatic heterocycles. The summed E-state index contributed by atoms with van der Waals surface area (Å²) in [5.74, 6) is 0.776. The Morgan fingerprint density at radius 1 is 1.12 bits per heavy atom. The number of carbonyl (C=O) groups is 1. The predicted molar refractivity (Wildman–Crippen MR) is 96.3 cm³/mol. The first-order valence-electron chi connectivity index (χ1n) is 8.46. The van der Waals surface area contributed by atoms with Crippen LogP contribution >= 0.6 is 0 Å². The number of aryl methyl sites for hydroxylation is 3.